The lowest BCUT2D eigenvalue weighted by molar-refractivity contribution is -0.135. The molecule has 1 amide bonds. The number of carbonyl (C=O) groups is 1. The Morgan fingerprint density at radius 3 is 2.65 bits per heavy atom. The second-order valence-electron chi connectivity index (χ2n) is 5.44. The first-order valence-corrected chi connectivity index (χ1v) is 7.01. The van der Waals surface area contributed by atoms with Gasteiger partial charge in [-0.15, -0.1) is 0 Å². The van der Waals surface area contributed by atoms with Gasteiger partial charge >= 0.3 is 0 Å². The van der Waals surface area contributed by atoms with E-state index in [1.807, 2.05) is 30.9 Å². The highest BCUT2D eigenvalue weighted by Gasteiger charge is 2.24. The van der Waals surface area contributed by atoms with Gasteiger partial charge < -0.3 is 10.2 Å². The second-order valence-corrected chi connectivity index (χ2v) is 5.44. The first-order valence-electron chi connectivity index (χ1n) is 7.01. The summed E-state index contributed by atoms with van der Waals surface area (Å²) in [5, 5.41) is 12.1. The summed E-state index contributed by atoms with van der Waals surface area (Å²) in [5.74, 6) is 0.311. The van der Waals surface area contributed by atoms with Gasteiger partial charge in [0.25, 0.3) is 0 Å². The molecule has 2 rings (SSSR count). The van der Waals surface area contributed by atoms with Crippen LogP contribution < -0.4 is 5.32 Å². The summed E-state index contributed by atoms with van der Waals surface area (Å²) < 4.78 is 0. The highest BCUT2D eigenvalue weighted by molar-refractivity contribution is 5.78. The monoisotopic (exact) mass is 272 g/mol. The Morgan fingerprint density at radius 1 is 1.45 bits per heavy atom. The third kappa shape index (κ3) is 3.47. The first-order chi connectivity index (χ1) is 9.60. The molecule has 1 N–H and O–H groups in total. The molecule has 1 aliphatic rings. The number of piperidine rings is 1. The van der Waals surface area contributed by atoms with Gasteiger partial charge in [-0.25, -0.2) is 4.98 Å². The Kier molecular flexibility index (Phi) is 4.57. The number of anilines is 1. The first kappa shape index (κ1) is 14.3. The van der Waals surface area contributed by atoms with E-state index in [1.165, 1.54) is 0 Å². The SMILES string of the molecule is CC(C)C(=O)N1CCC(Nc2ccc(C#N)nc2)CC1. The summed E-state index contributed by atoms with van der Waals surface area (Å²) >= 11 is 0. The van der Waals surface area contributed by atoms with Crippen molar-refractivity contribution < 1.29 is 4.79 Å². The Balaban J connectivity index is 1.85. The van der Waals surface area contributed by atoms with Gasteiger partial charge in [0, 0.05) is 25.0 Å². The molecular weight excluding hydrogens is 252 g/mol. The van der Waals surface area contributed by atoms with Gasteiger partial charge in [0.1, 0.15) is 11.8 Å². The number of aromatic nitrogens is 1. The van der Waals surface area contributed by atoms with E-state index in [0.29, 0.717) is 11.7 Å². The molecule has 106 valence electrons. The van der Waals surface area contributed by atoms with Crippen LogP contribution in [0.25, 0.3) is 0 Å². The Morgan fingerprint density at radius 2 is 2.15 bits per heavy atom. The maximum absolute atomic E-state index is 11.9. The predicted molar refractivity (Wildman–Crippen MR) is 77.0 cm³/mol. The Labute approximate surface area is 119 Å². The van der Waals surface area contributed by atoms with Crippen molar-refractivity contribution in [2.24, 2.45) is 5.92 Å². The van der Waals surface area contributed by atoms with Gasteiger partial charge in [0.2, 0.25) is 5.91 Å². The molecule has 5 nitrogen and oxygen atoms in total. The van der Waals surface area contributed by atoms with Crippen molar-refractivity contribution >= 4 is 11.6 Å². The normalized spacial score (nSPS) is 16.0. The molecule has 0 saturated carbocycles. The average Bonchev–Trinajstić information content (AvgIpc) is 2.48. The molecule has 1 aromatic heterocycles. The predicted octanol–water partition coefficient (Wildman–Crippen LogP) is 2.01. The number of carbonyl (C=O) groups excluding carboxylic acids is 1. The van der Waals surface area contributed by atoms with Crippen molar-refractivity contribution in [2.45, 2.75) is 32.7 Å². The molecule has 5 heteroatoms. The number of rotatable bonds is 3. The summed E-state index contributed by atoms with van der Waals surface area (Å²) in [7, 11) is 0. The topological polar surface area (TPSA) is 69.0 Å². The van der Waals surface area contributed by atoms with Crippen molar-refractivity contribution in [3.63, 3.8) is 0 Å². The number of nitriles is 1. The van der Waals surface area contributed by atoms with Gasteiger partial charge in [0.15, 0.2) is 0 Å². The van der Waals surface area contributed by atoms with Crippen LogP contribution in [0.3, 0.4) is 0 Å². The van der Waals surface area contributed by atoms with E-state index in [-0.39, 0.29) is 11.8 Å². The lowest BCUT2D eigenvalue weighted by Crippen LogP contribution is -2.43. The number of nitrogens with zero attached hydrogens (tertiary/aromatic N) is 3. The van der Waals surface area contributed by atoms with Crippen LogP contribution in [0.1, 0.15) is 32.4 Å². The number of pyridine rings is 1. The van der Waals surface area contributed by atoms with Gasteiger partial charge in [-0.1, -0.05) is 13.8 Å². The van der Waals surface area contributed by atoms with E-state index in [2.05, 4.69) is 10.3 Å². The summed E-state index contributed by atoms with van der Waals surface area (Å²) in [6.07, 6.45) is 3.57. The molecule has 1 saturated heterocycles. The average molecular weight is 272 g/mol. The van der Waals surface area contributed by atoms with Crippen LogP contribution in [-0.4, -0.2) is 34.9 Å². The minimum atomic E-state index is 0.0715. The van der Waals surface area contributed by atoms with Crippen LogP contribution in [0, 0.1) is 17.2 Å². The van der Waals surface area contributed by atoms with E-state index in [9.17, 15) is 4.79 Å². The molecule has 0 spiro atoms. The van der Waals surface area contributed by atoms with Crippen LogP contribution >= 0.6 is 0 Å². The van der Waals surface area contributed by atoms with Crippen molar-refractivity contribution in [1.29, 1.82) is 5.26 Å². The smallest absolute Gasteiger partial charge is 0.225 e. The fraction of sp³-hybridized carbons (Fsp3) is 0.533. The molecule has 1 fully saturated rings. The third-order valence-corrected chi connectivity index (χ3v) is 3.55. The second kappa shape index (κ2) is 6.38. The molecule has 0 aliphatic carbocycles. The Hall–Kier alpha value is -2.09. The van der Waals surface area contributed by atoms with Crippen LogP contribution in [0.5, 0.6) is 0 Å². The lowest BCUT2D eigenvalue weighted by atomic mass is 10.0. The van der Waals surface area contributed by atoms with Gasteiger partial charge in [-0.2, -0.15) is 5.26 Å². The zero-order valence-electron chi connectivity index (χ0n) is 12.0. The maximum Gasteiger partial charge on any atom is 0.225 e. The molecule has 0 atom stereocenters. The van der Waals surface area contributed by atoms with Crippen LogP contribution in [0.2, 0.25) is 0 Å². The van der Waals surface area contributed by atoms with Crippen molar-refractivity contribution in [3.05, 3.63) is 24.0 Å². The molecule has 0 bridgehead atoms. The summed E-state index contributed by atoms with van der Waals surface area (Å²) in [6, 6.07) is 5.95. The van der Waals surface area contributed by atoms with Gasteiger partial charge in [0.05, 0.1) is 11.9 Å². The van der Waals surface area contributed by atoms with Gasteiger partial charge in [-0.3, -0.25) is 4.79 Å². The zero-order chi connectivity index (χ0) is 14.5. The molecule has 1 aliphatic heterocycles. The molecular formula is C15H20N4O. The summed E-state index contributed by atoms with van der Waals surface area (Å²) in [4.78, 5) is 17.9. The number of likely N-dealkylation sites (tertiary alicyclic amines) is 1. The molecule has 0 radical (unpaired) electrons. The quantitative estimate of drug-likeness (QED) is 0.914. The minimum absolute atomic E-state index is 0.0715. The third-order valence-electron chi connectivity index (χ3n) is 3.55. The number of hydrogen-bond donors (Lipinski definition) is 1. The van der Waals surface area contributed by atoms with Crippen molar-refractivity contribution in [2.75, 3.05) is 18.4 Å². The van der Waals surface area contributed by atoms with Crippen LogP contribution in [0.15, 0.2) is 18.3 Å². The van der Waals surface area contributed by atoms with Gasteiger partial charge in [-0.05, 0) is 25.0 Å². The number of hydrogen-bond acceptors (Lipinski definition) is 4. The van der Waals surface area contributed by atoms with Crippen LogP contribution in [0.4, 0.5) is 5.69 Å². The molecule has 0 unspecified atom stereocenters. The fourth-order valence-corrected chi connectivity index (χ4v) is 2.39. The minimum Gasteiger partial charge on any atom is -0.381 e. The van der Waals surface area contributed by atoms with Crippen molar-refractivity contribution in [1.82, 2.24) is 9.88 Å². The van der Waals surface area contributed by atoms with E-state index in [1.54, 1.807) is 12.3 Å². The maximum atomic E-state index is 11.9. The Bertz CT molecular complexity index is 496. The fourth-order valence-electron chi connectivity index (χ4n) is 2.39. The number of amides is 1. The van der Waals surface area contributed by atoms with E-state index < -0.39 is 0 Å². The molecule has 0 aromatic carbocycles. The van der Waals surface area contributed by atoms with Crippen molar-refractivity contribution in [3.8, 4) is 6.07 Å². The van der Waals surface area contributed by atoms with Crippen LogP contribution in [-0.2, 0) is 4.79 Å². The highest BCUT2D eigenvalue weighted by Crippen LogP contribution is 2.17. The van der Waals surface area contributed by atoms with E-state index in [4.69, 9.17) is 5.26 Å². The lowest BCUT2D eigenvalue weighted by Gasteiger charge is -2.33. The molecule has 1 aromatic rings. The largest absolute Gasteiger partial charge is 0.381 e. The standard InChI is InChI=1S/C15H20N4O/c1-11(2)15(20)19-7-5-12(6-8-19)18-14-4-3-13(9-16)17-10-14/h3-4,10-12,18H,5-8H2,1-2H3. The van der Waals surface area contributed by atoms with E-state index in [0.717, 1.165) is 31.6 Å². The summed E-state index contributed by atoms with van der Waals surface area (Å²) in [5.41, 5.74) is 1.35. The molecule has 20 heavy (non-hydrogen) atoms. The van der Waals surface area contributed by atoms with E-state index >= 15 is 0 Å². The highest BCUT2D eigenvalue weighted by atomic mass is 16.2. The molecule has 2 heterocycles. The zero-order valence-corrected chi connectivity index (χ0v) is 12.0. The summed E-state index contributed by atoms with van der Waals surface area (Å²) in [6.45, 7) is 5.49. The number of nitrogens with one attached hydrogen (secondary N) is 1.